The van der Waals surface area contributed by atoms with E-state index in [4.69, 9.17) is 9.72 Å². The van der Waals surface area contributed by atoms with Gasteiger partial charge in [-0.25, -0.2) is 9.98 Å². The normalized spacial score (nSPS) is 11.1. The van der Waals surface area contributed by atoms with Gasteiger partial charge in [0.15, 0.2) is 0 Å². The van der Waals surface area contributed by atoms with Gasteiger partial charge in [-0.1, -0.05) is 37.6 Å². The molecule has 134 valence electrons. The molecule has 5 heteroatoms. The van der Waals surface area contributed by atoms with Gasteiger partial charge in [0.25, 0.3) is 0 Å². The van der Waals surface area contributed by atoms with E-state index in [0.717, 1.165) is 35.2 Å². The molecule has 0 N–H and O–H groups in total. The van der Waals surface area contributed by atoms with Crippen LogP contribution in [0.2, 0.25) is 0 Å². The van der Waals surface area contributed by atoms with E-state index < -0.39 is 0 Å². The quantitative estimate of drug-likeness (QED) is 0.443. The van der Waals surface area contributed by atoms with Crippen LogP contribution in [0.25, 0.3) is 0 Å². The van der Waals surface area contributed by atoms with Gasteiger partial charge >= 0.3 is 0 Å². The molecule has 0 unspecified atom stereocenters. The fourth-order valence-corrected chi connectivity index (χ4v) is 2.71. The van der Waals surface area contributed by atoms with E-state index in [-0.39, 0.29) is 0 Å². The van der Waals surface area contributed by atoms with E-state index in [1.54, 1.807) is 0 Å². The van der Waals surface area contributed by atoms with Gasteiger partial charge in [-0.3, -0.25) is 0 Å². The van der Waals surface area contributed by atoms with Crippen molar-refractivity contribution in [2.75, 3.05) is 13.6 Å². The zero-order valence-electron chi connectivity index (χ0n) is 15.4. The van der Waals surface area contributed by atoms with Gasteiger partial charge in [-0.2, -0.15) is 0 Å². The van der Waals surface area contributed by atoms with Crippen molar-refractivity contribution in [3.05, 3.63) is 51.6 Å². The molecule has 0 amide bonds. The molecule has 2 rings (SSSR count). The van der Waals surface area contributed by atoms with E-state index in [0.29, 0.717) is 12.5 Å². The summed E-state index contributed by atoms with van der Waals surface area (Å²) >= 11 is 3.57. The van der Waals surface area contributed by atoms with Gasteiger partial charge in [-0.05, 0) is 53.4 Å². The Hall–Kier alpha value is -1.88. The fourth-order valence-electron chi connectivity index (χ4n) is 2.29. The summed E-state index contributed by atoms with van der Waals surface area (Å²) in [5, 5.41) is 0. The second-order valence-corrected chi connectivity index (χ2v) is 6.88. The molecule has 1 aromatic heterocycles. The van der Waals surface area contributed by atoms with Gasteiger partial charge in [0.1, 0.15) is 6.61 Å². The minimum Gasteiger partial charge on any atom is -0.472 e. The van der Waals surface area contributed by atoms with Crippen molar-refractivity contribution in [3.8, 4) is 5.88 Å². The maximum atomic E-state index is 5.97. The van der Waals surface area contributed by atoms with E-state index in [1.807, 2.05) is 36.5 Å². The lowest BCUT2D eigenvalue weighted by Crippen LogP contribution is -2.14. The second-order valence-electron chi connectivity index (χ2n) is 6.02. The lowest BCUT2D eigenvalue weighted by atomic mass is 10.1. The Morgan fingerprint density at radius 2 is 2.04 bits per heavy atom. The predicted octanol–water partition coefficient (Wildman–Crippen LogP) is 5.30. The van der Waals surface area contributed by atoms with Crippen LogP contribution in [0.5, 0.6) is 5.88 Å². The van der Waals surface area contributed by atoms with Crippen molar-refractivity contribution in [2.45, 2.75) is 40.2 Å². The van der Waals surface area contributed by atoms with Crippen LogP contribution in [-0.4, -0.2) is 29.8 Å². The standard InChI is InChI=1S/C20H26BrN3O/c1-5-9-18-19(22-14-24(4)6-2)12-17(21)20(23-18)25-13-16-11-8-7-10-15(16)3/h7-8,10-12,14H,5-6,9,13H2,1-4H3. The number of benzene rings is 1. The summed E-state index contributed by atoms with van der Waals surface area (Å²) < 4.78 is 6.80. The molecule has 25 heavy (non-hydrogen) atoms. The monoisotopic (exact) mass is 403 g/mol. The van der Waals surface area contributed by atoms with Crippen molar-refractivity contribution in [1.29, 1.82) is 0 Å². The van der Waals surface area contributed by atoms with Crippen molar-refractivity contribution >= 4 is 28.0 Å². The van der Waals surface area contributed by atoms with Crippen LogP contribution in [0.15, 0.2) is 39.8 Å². The van der Waals surface area contributed by atoms with Gasteiger partial charge < -0.3 is 9.64 Å². The van der Waals surface area contributed by atoms with Gasteiger partial charge in [0, 0.05) is 13.6 Å². The number of hydrogen-bond acceptors (Lipinski definition) is 3. The predicted molar refractivity (Wildman–Crippen MR) is 108 cm³/mol. The molecule has 2 aromatic rings. The third kappa shape index (κ3) is 5.56. The van der Waals surface area contributed by atoms with Crippen molar-refractivity contribution in [2.24, 2.45) is 4.99 Å². The van der Waals surface area contributed by atoms with E-state index in [2.05, 4.69) is 53.8 Å². The SMILES string of the molecule is CCCc1nc(OCc2ccccc2C)c(Br)cc1N=CN(C)CC. The van der Waals surface area contributed by atoms with Gasteiger partial charge in [0.2, 0.25) is 5.88 Å². The first kappa shape index (κ1) is 19.4. The molecule has 0 spiro atoms. The largest absolute Gasteiger partial charge is 0.472 e. The van der Waals surface area contributed by atoms with E-state index in [1.165, 1.54) is 11.1 Å². The van der Waals surface area contributed by atoms with Crippen LogP contribution in [0, 0.1) is 6.92 Å². The summed E-state index contributed by atoms with van der Waals surface area (Å²) in [7, 11) is 2.01. The number of aromatic nitrogens is 1. The summed E-state index contributed by atoms with van der Waals surface area (Å²) in [6, 6.07) is 10.2. The number of aliphatic imine (C=N–C) groups is 1. The Morgan fingerprint density at radius 3 is 2.72 bits per heavy atom. The average Bonchev–Trinajstić information content (AvgIpc) is 2.61. The summed E-state index contributed by atoms with van der Waals surface area (Å²) in [5.41, 5.74) is 4.24. The topological polar surface area (TPSA) is 37.7 Å². The first-order valence-corrected chi connectivity index (χ1v) is 9.45. The van der Waals surface area contributed by atoms with Crippen molar-refractivity contribution in [1.82, 2.24) is 9.88 Å². The van der Waals surface area contributed by atoms with Crippen LogP contribution >= 0.6 is 15.9 Å². The van der Waals surface area contributed by atoms with E-state index in [9.17, 15) is 0 Å². The molecule has 0 bridgehead atoms. The molecule has 0 aliphatic heterocycles. The number of nitrogens with zero attached hydrogens (tertiary/aromatic N) is 3. The number of ether oxygens (including phenoxy) is 1. The van der Waals surface area contributed by atoms with Gasteiger partial charge in [-0.15, -0.1) is 0 Å². The molecule has 0 aliphatic rings. The molecule has 0 saturated carbocycles. The highest BCUT2D eigenvalue weighted by atomic mass is 79.9. The first-order valence-electron chi connectivity index (χ1n) is 8.66. The van der Waals surface area contributed by atoms with Crippen LogP contribution in [0.1, 0.15) is 37.1 Å². The molecular formula is C20H26BrN3O. The zero-order valence-corrected chi connectivity index (χ0v) is 17.0. The highest BCUT2D eigenvalue weighted by molar-refractivity contribution is 9.10. The van der Waals surface area contributed by atoms with E-state index >= 15 is 0 Å². The molecular weight excluding hydrogens is 378 g/mol. The summed E-state index contributed by atoms with van der Waals surface area (Å²) in [6.45, 7) is 7.74. The molecule has 1 aromatic carbocycles. The van der Waals surface area contributed by atoms with Crippen molar-refractivity contribution in [3.63, 3.8) is 0 Å². The maximum absolute atomic E-state index is 5.97. The number of pyridine rings is 1. The third-order valence-corrected chi connectivity index (χ3v) is 4.57. The van der Waals surface area contributed by atoms with Crippen LogP contribution in [0.4, 0.5) is 5.69 Å². The smallest absolute Gasteiger partial charge is 0.228 e. The molecule has 0 saturated heterocycles. The number of hydrogen-bond donors (Lipinski definition) is 0. The Kier molecular flexibility index (Phi) is 7.44. The first-order chi connectivity index (χ1) is 12.0. The molecule has 0 aliphatic carbocycles. The van der Waals surface area contributed by atoms with Gasteiger partial charge in [0.05, 0.1) is 22.2 Å². The number of halogens is 1. The van der Waals surface area contributed by atoms with Crippen LogP contribution in [0.3, 0.4) is 0 Å². The summed E-state index contributed by atoms with van der Waals surface area (Å²) in [4.78, 5) is 11.3. The average molecular weight is 404 g/mol. The third-order valence-electron chi connectivity index (χ3n) is 4.01. The maximum Gasteiger partial charge on any atom is 0.228 e. The lowest BCUT2D eigenvalue weighted by molar-refractivity contribution is 0.290. The Bertz CT molecular complexity index is 731. The minimum absolute atomic E-state index is 0.505. The lowest BCUT2D eigenvalue weighted by Gasteiger charge is -2.13. The Balaban J connectivity index is 2.23. The van der Waals surface area contributed by atoms with Crippen LogP contribution < -0.4 is 4.74 Å². The molecule has 1 heterocycles. The molecule has 0 fully saturated rings. The molecule has 0 radical (unpaired) electrons. The highest BCUT2D eigenvalue weighted by Gasteiger charge is 2.11. The molecule has 4 nitrogen and oxygen atoms in total. The van der Waals surface area contributed by atoms with Crippen LogP contribution in [-0.2, 0) is 13.0 Å². The zero-order chi connectivity index (χ0) is 18.2. The number of rotatable bonds is 8. The highest BCUT2D eigenvalue weighted by Crippen LogP contribution is 2.31. The minimum atomic E-state index is 0.505. The summed E-state index contributed by atoms with van der Waals surface area (Å²) in [6.07, 6.45) is 3.73. The Labute approximate surface area is 159 Å². The fraction of sp³-hybridized carbons (Fsp3) is 0.400. The Morgan fingerprint density at radius 1 is 1.28 bits per heavy atom. The van der Waals surface area contributed by atoms with Crippen molar-refractivity contribution < 1.29 is 4.74 Å². The number of aryl methyl sites for hydroxylation is 2. The molecule has 0 atom stereocenters. The second kappa shape index (κ2) is 9.56. The summed E-state index contributed by atoms with van der Waals surface area (Å²) in [5.74, 6) is 0.620.